The minimum atomic E-state index is 0.286. The van der Waals surface area contributed by atoms with Crippen LogP contribution in [0.15, 0.2) is 34.9 Å². The molecule has 0 bridgehead atoms. The number of halogens is 1. The Labute approximate surface area is 96.5 Å². The molecule has 0 amide bonds. The second-order valence-corrected chi connectivity index (χ2v) is 4.15. The summed E-state index contributed by atoms with van der Waals surface area (Å²) in [5.41, 5.74) is 8.62. The first-order chi connectivity index (χ1) is 7.16. The molecule has 4 heteroatoms. The second-order valence-electron chi connectivity index (χ2n) is 3.29. The molecule has 3 nitrogen and oxygen atoms in total. The summed E-state index contributed by atoms with van der Waals surface area (Å²) in [5.74, 6) is 0.286. The normalized spacial score (nSPS) is 10.3. The van der Waals surface area contributed by atoms with Crippen LogP contribution in [0.1, 0.15) is 5.56 Å². The molecule has 0 radical (unpaired) electrons. The maximum atomic E-state index is 5.55. The third-order valence-corrected chi connectivity index (χ3v) is 2.67. The molecule has 0 saturated heterocycles. The zero-order valence-electron chi connectivity index (χ0n) is 8.24. The predicted octanol–water partition coefficient (Wildman–Crippen LogP) is 2.80. The van der Waals surface area contributed by atoms with Crippen LogP contribution in [0.25, 0.3) is 11.3 Å². The fourth-order valence-electron chi connectivity index (χ4n) is 1.29. The lowest BCUT2D eigenvalue weighted by atomic mass is 10.1. The summed E-state index contributed by atoms with van der Waals surface area (Å²) in [6, 6.07) is 8.11. The molecule has 1 aromatic carbocycles. The fourth-order valence-corrected chi connectivity index (χ4v) is 1.71. The molecule has 0 aliphatic rings. The van der Waals surface area contributed by atoms with Gasteiger partial charge in [0, 0.05) is 11.8 Å². The maximum Gasteiger partial charge on any atom is 0.220 e. The molecular formula is C11H10BrN3. The number of nitrogen functional groups attached to an aromatic ring is 1. The van der Waals surface area contributed by atoms with Gasteiger partial charge >= 0.3 is 0 Å². The highest BCUT2D eigenvalue weighted by atomic mass is 79.9. The number of nitrogens with zero attached hydrogens (tertiary/aromatic N) is 2. The standard InChI is InChI=1S/C11H10BrN3/c1-7-2-4-8(5-3-7)10-9(12)6-14-11(13)15-10/h2-6H,1H3,(H2,13,14,15). The van der Waals surface area contributed by atoms with Crippen LogP contribution >= 0.6 is 15.9 Å². The van der Waals surface area contributed by atoms with E-state index in [0.29, 0.717) is 0 Å². The average molecular weight is 264 g/mol. The van der Waals surface area contributed by atoms with Gasteiger partial charge < -0.3 is 5.73 Å². The van der Waals surface area contributed by atoms with Gasteiger partial charge in [-0.05, 0) is 22.9 Å². The van der Waals surface area contributed by atoms with E-state index in [0.717, 1.165) is 15.7 Å². The summed E-state index contributed by atoms with van der Waals surface area (Å²) in [4.78, 5) is 8.09. The molecule has 1 heterocycles. The van der Waals surface area contributed by atoms with E-state index in [4.69, 9.17) is 5.73 Å². The Hall–Kier alpha value is -1.42. The number of nitrogens with two attached hydrogens (primary N) is 1. The van der Waals surface area contributed by atoms with Gasteiger partial charge in [-0.15, -0.1) is 0 Å². The van der Waals surface area contributed by atoms with E-state index in [2.05, 4.69) is 25.9 Å². The molecule has 0 aliphatic carbocycles. The van der Waals surface area contributed by atoms with Crippen molar-refractivity contribution >= 4 is 21.9 Å². The first kappa shape index (κ1) is 10.1. The summed E-state index contributed by atoms with van der Waals surface area (Å²) < 4.78 is 0.848. The van der Waals surface area contributed by atoms with Crippen molar-refractivity contribution in [1.29, 1.82) is 0 Å². The topological polar surface area (TPSA) is 51.8 Å². The first-order valence-corrected chi connectivity index (χ1v) is 5.31. The van der Waals surface area contributed by atoms with Crippen molar-refractivity contribution in [3.63, 3.8) is 0 Å². The van der Waals surface area contributed by atoms with Crippen molar-refractivity contribution in [2.75, 3.05) is 5.73 Å². The Kier molecular flexibility index (Phi) is 2.68. The Balaban J connectivity index is 2.53. The van der Waals surface area contributed by atoms with Crippen LogP contribution in [0.4, 0.5) is 5.95 Å². The smallest absolute Gasteiger partial charge is 0.220 e. The summed E-state index contributed by atoms with van der Waals surface area (Å²) in [6.45, 7) is 2.05. The van der Waals surface area contributed by atoms with E-state index in [9.17, 15) is 0 Å². The molecular weight excluding hydrogens is 254 g/mol. The fraction of sp³-hybridized carbons (Fsp3) is 0.0909. The van der Waals surface area contributed by atoms with Crippen LogP contribution < -0.4 is 5.73 Å². The third kappa shape index (κ3) is 2.15. The van der Waals surface area contributed by atoms with E-state index in [-0.39, 0.29) is 5.95 Å². The van der Waals surface area contributed by atoms with Crippen molar-refractivity contribution in [3.05, 3.63) is 40.5 Å². The van der Waals surface area contributed by atoms with E-state index >= 15 is 0 Å². The van der Waals surface area contributed by atoms with Gasteiger partial charge in [0.15, 0.2) is 0 Å². The van der Waals surface area contributed by atoms with Crippen LogP contribution in [0.2, 0.25) is 0 Å². The van der Waals surface area contributed by atoms with Crippen molar-refractivity contribution in [2.24, 2.45) is 0 Å². The van der Waals surface area contributed by atoms with Gasteiger partial charge in [-0.2, -0.15) is 0 Å². The van der Waals surface area contributed by atoms with Crippen LogP contribution in [0, 0.1) is 6.92 Å². The molecule has 0 unspecified atom stereocenters. The minimum Gasteiger partial charge on any atom is -0.368 e. The molecule has 0 fully saturated rings. The highest BCUT2D eigenvalue weighted by Crippen LogP contribution is 2.25. The van der Waals surface area contributed by atoms with Crippen molar-refractivity contribution < 1.29 is 0 Å². The van der Waals surface area contributed by atoms with Crippen LogP contribution in [-0.4, -0.2) is 9.97 Å². The molecule has 2 rings (SSSR count). The molecule has 15 heavy (non-hydrogen) atoms. The van der Waals surface area contributed by atoms with Gasteiger partial charge in [0.25, 0.3) is 0 Å². The summed E-state index contributed by atoms with van der Waals surface area (Å²) >= 11 is 3.41. The number of hydrogen-bond acceptors (Lipinski definition) is 3. The largest absolute Gasteiger partial charge is 0.368 e. The Bertz CT molecular complexity index is 480. The zero-order chi connectivity index (χ0) is 10.8. The Morgan fingerprint density at radius 3 is 2.53 bits per heavy atom. The number of hydrogen-bond donors (Lipinski definition) is 1. The van der Waals surface area contributed by atoms with E-state index in [1.165, 1.54) is 5.56 Å². The number of benzene rings is 1. The number of rotatable bonds is 1. The number of aryl methyl sites for hydroxylation is 1. The van der Waals surface area contributed by atoms with Gasteiger partial charge in [0.1, 0.15) is 0 Å². The maximum absolute atomic E-state index is 5.55. The summed E-state index contributed by atoms with van der Waals surface area (Å²) in [6.07, 6.45) is 1.66. The molecule has 76 valence electrons. The SMILES string of the molecule is Cc1ccc(-c2nc(N)ncc2Br)cc1. The predicted molar refractivity (Wildman–Crippen MR) is 64.3 cm³/mol. The Morgan fingerprint density at radius 1 is 1.20 bits per heavy atom. The molecule has 0 saturated carbocycles. The van der Waals surface area contributed by atoms with E-state index in [1.807, 2.05) is 31.2 Å². The minimum absolute atomic E-state index is 0.286. The monoisotopic (exact) mass is 263 g/mol. The van der Waals surface area contributed by atoms with Crippen LogP contribution in [0.5, 0.6) is 0 Å². The average Bonchev–Trinajstić information content (AvgIpc) is 2.23. The quantitative estimate of drug-likeness (QED) is 0.861. The van der Waals surface area contributed by atoms with Crippen molar-refractivity contribution in [1.82, 2.24) is 9.97 Å². The summed E-state index contributed by atoms with van der Waals surface area (Å²) in [7, 11) is 0. The van der Waals surface area contributed by atoms with E-state index < -0.39 is 0 Å². The summed E-state index contributed by atoms with van der Waals surface area (Å²) in [5, 5.41) is 0. The molecule has 1 aromatic heterocycles. The lowest BCUT2D eigenvalue weighted by molar-refractivity contribution is 1.17. The van der Waals surface area contributed by atoms with Gasteiger partial charge in [0.2, 0.25) is 5.95 Å². The number of anilines is 1. The van der Waals surface area contributed by atoms with Crippen LogP contribution in [0.3, 0.4) is 0 Å². The lowest BCUT2D eigenvalue weighted by Gasteiger charge is -2.04. The molecule has 0 aliphatic heterocycles. The van der Waals surface area contributed by atoms with E-state index in [1.54, 1.807) is 6.20 Å². The van der Waals surface area contributed by atoms with Crippen molar-refractivity contribution in [3.8, 4) is 11.3 Å². The molecule has 0 spiro atoms. The van der Waals surface area contributed by atoms with Gasteiger partial charge in [0.05, 0.1) is 10.2 Å². The second kappa shape index (κ2) is 3.98. The molecule has 0 atom stereocenters. The van der Waals surface area contributed by atoms with Crippen molar-refractivity contribution in [2.45, 2.75) is 6.92 Å². The first-order valence-electron chi connectivity index (χ1n) is 4.52. The third-order valence-electron chi connectivity index (χ3n) is 2.09. The zero-order valence-corrected chi connectivity index (χ0v) is 9.82. The highest BCUT2D eigenvalue weighted by Gasteiger charge is 2.05. The number of aromatic nitrogens is 2. The molecule has 2 N–H and O–H groups in total. The van der Waals surface area contributed by atoms with Gasteiger partial charge in [-0.1, -0.05) is 29.8 Å². The van der Waals surface area contributed by atoms with Gasteiger partial charge in [-0.25, -0.2) is 9.97 Å². The molecule has 2 aromatic rings. The van der Waals surface area contributed by atoms with Gasteiger partial charge in [-0.3, -0.25) is 0 Å². The Morgan fingerprint density at radius 2 is 1.87 bits per heavy atom. The van der Waals surface area contributed by atoms with Crippen LogP contribution in [-0.2, 0) is 0 Å². The highest BCUT2D eigenvalue weighted by molar-refractivity contribution is 9.10. The lowest BCUT2D eigenvalue weighted by Crippen LogP contribution is -1.96.